The number of piperidine rings is 1. The molecule has 1 fully saturated rings. The van der Waals surface area contributed by atoms with Gasteiger partial charge >= 0.3 is 0 Å². The summed E-state index contributed by atoms with van der Waals surface area (Å²) in [6.07, 6.45) is 9.33. The summed E-state index contributed by atoms with van der Waals surface area (Å²) >= 11 is 0. The van der Waals surface area contributed by atoms with Gasteiger partial charge < -0.3 is 5.32 Å². The van der Waals surface area contributed by atoms with Crippen molar-refractivity contribution in [3.63, 3.8) is 0 Å². The van der Waals surface area contributed by atoms with Crippen molar-refractivity contribution >= 4 is 0 Å². The predicted molar refractivity (Wildman–Crippen MR) is 72.8 cm³/mol. The fraction of sp³-hybridized carbons (Fsp3) is 1.00. The minimum absolute atomic E-state index is 0.381. The predicted octanol–water partition coefficient (Wildman–Crippen LogP) is 4.51. The molecule has 0 aliphatic carbocycles. The van der Waals surface area contributed by atoms with Crippen LogP contribution >= 0.6 is 0 Å². The van der Waals surface area contributed by atoms with Gasteiger partial charge in [-0.05, 0) is 45.4 Å². The summed E-state index contributed by atoms with van der Waals surface area (Å²) in [5.41, 5.74) is 0.774. The first kappa shape index (κ1) is 14.0. The van der Waals surface area contributed by atoms with Gasteiger partial charge in [-0.15, -0.1) is 0 Å². The van der Waals surface area contributed by atoms with Crippen molar-refractivity contribution in [1.82, 2.24) is 5.32 Å². The Morgan fingerprint density at radius 3 is 2.19 bits per heavy atom. The monoisotopic (exact) mass is 225 g/mol. The van der Waals surface area contributed by atoms with Crippen LogP contribution in [0.3, 0.4) is 0 Å². The van der Waals surface area contributed by atoms with E-state index >= 15 is 0 Å². The quantitative estimate of drug-likeness (QED) is 0.725. The molecule has 1 aliphatic rings. The number of hydrogen-bond acceptors (Lipinski definition) is 1. The number of rotatable bonds is 5. The molecule has 1 heteroatoms. The average molecular weight is 225 g/mol. The van der Waals surface area contributed by atoms with Crippen LogP contribution < -0.4 is 5.32 Å². The zero-order chi connectivity index (χ0) is 12.2. The van der Waals surface area contributed by atoms with Gasteiger partial charge in [0.15, 0.2) is 0 Å². The Morgan fingerprint density at radius 1 is 1.06 bits per heavy atom. The number of nitrogens with one attached hydrogen (secondary N) is 1. The molecule has 0 aromatic rings. The van der Waals surface area contributed by atoms with Crippen LogP contribution in [0.15, 0.2) is 0 Å². The highest BCUT2D eigenvalue weighted by Crippen LogP contribution is 2.39. The van der Waals surface area contributed by atoms with E-state index in [1.807, 2.05) is 0 Å². The lowest BCUT2D eigenvalue weighted by molar-refractivity contribution is 0.0719. The van der Waals surface area contributed by atoms with Crippen LogP contribution in [0.1, 0.15) is 79.6 Å². The molecule has 0 amide bonds. The molecular formula is C15H31N. The highest BCUT2D eigenvalue weighted by molar-refractivity contribution is 5.02. The summed E-state index contributed by atoms with van der Waals surface area (Å²) in [5.74, 6) is 0.873. The maximum atomic E-state index is 4.01. The first-order valence-electron chi connectivity index (χ1n) is 7.29. The van der Waals surface area contributed by atoms with Gasteiger partial charge in [0.25, 0.3) is 0 Å². The Balaban J connectivity index is 2.75. The van der Waals surface area contributed by atoms with E-state index < -0.39 is 0 Å². The van der Waals surface area contributed by atoms with Crippen molar-refractivity contribution in [1.29, 1.82) is 0 Å². The molecule has 0 spiro atoms. The van der Waals surface area contributed by atoms with Crippen molar-refractivity contribution in [2.24, 2.45) is 5.92 Å². The van der Waals surface area contributed by atoms with Gasteiger partial charge in [-0.25, -0.2) is 0 Å². The summed E-state index contributed by atoms with van der Waals surface area (Å²) in [6.45, 7) is 11.8. The van der Waals surface area contributed by atoms with Crippen LogP contribution in [0.25, 0.3) is 0 Å². The SMILES string of the molecule is CCCC1(C)CCC(CC)C(C)(CCC)N1. The largest absolute Gasteiger partial charge is 0.306 e. The van der Waals surface area contributed by atoms with Gasteiger partial charge in [0.1, 0.15) is 0 Å². The van der Waals surface area contributed by atoms with Gasteiger partial charge in [-0.3, -0.25) is 0 Å². The Kier molecular flexibility index (Phi) is 4.85. The lowest BCUT2D eigenvalue weighted by Crippen LogP contribution is -2.62. The topological polar surface area (TPSA) is 12.0 Å². The second kappa shape index (κ2) is 5.53. The highest BCUT2D eigenvalue weighted by Gasteiger charge is 2.42. The van der Waals surface area contributed by atoms with E-state index in [1.165, 1.54) is 44.9 Å². The molecule has 3 unspecified atom stereocenters. The molecule has 16 heavy (non-hydrogen) atoms. The maximum Gasteiger partial charge on any atom is 0.0186 e. The van der Waals surface area contributed by atoms with E-state index in [0.29, 0.717) is 11.1 Å². The van der Waals surface area contributed by atoms with Crippen LogP contribution in [0, 0.1) is 5.92 Å². The third-order valence-electron chi connectivity index (χ3n) is 4.60. The Morgan fingerprint density at radius 2 is 1.69 bits per heavy atom. The molecule has 1 nitrogen and oxygen atoms in total. The van der Waals surface area contributed by atoms with Crippen LogP contribution in [-0.4, -0.2) is 11.1 Å². The molecule has 1 saturated heterocycles. The molecule has 1 N–H and O–H groups in total. The van der Waals surface area contributed by atoms with E-state index in [0.717, 1.165) is 5.92 Å². The maximum absolute atomic E-state index is 4.01. The Hall–Kier alpha value is -0.0400. The first-order valence-corrected chi connectivity index (χ1v) is 7.29. The van der Waals surface area contributed by atoms with Crippen molar-refractivity contribution in [3.05, 3.63) is 0 Å². The molecular weight excluding hydrogens is 194 g/mol. The zero-order valence-electron chi connectivity index (χ0n) is 12.0. The Bertz CT molecular complexity index is 213. The second-order valence-corrected chi connectivity index (χ2v) is 6.25. The minimum atomic E-state index is 0.381. The summed E-state index contributed by atoms with van der Waals surface area (Å²) in [6, 6.07) is 0. The minimum Gasteiger partial charge on any atom is -0.306 e. The van der Waals surface area contributed by atoms with E-state index in [4.69, 9.17) is 0 Å². The van der Waals surface area contributed by atoms with Gasteiger partial charge in [0.05, 0.1) is 0 Å². The standard InChI is InChI=1S/C15H31N/c1-6-10-14(4)12-9-13(8-3)15(5,16-14)11-7-2/h13,16H,6-12H2,1-5H3. The first-order chi connectivity index (χ1) is 7.49. The van der Waals surface area contributed by atoms with Crippen LogP contribution in [-0.2, 0) is 0 Å². The van der Waals surface area contributed by atoms with E-state index in [-0.39, 0.29) is 0 Å². The fourth-order valence-corrected chi connectivity index (χ4v) is 3.85. The van der Waals surface area contributed by atoms with Crippen LogP contribution in [0.4, 0.5) is 0 Å². The number of hydrogen-bond donors (Lipinski definition) is 1. The highest BCUT2D eigenvalue weighted by atomic mass is 15.1. The van der Waals surface area contributed by atoms with Gasteiger partial charge in [-0.1, -0.05) is 40.0 Å². The third-order valence-corrected chi connectivity index (χ3v) is 4.60. The molecule has 0 aromatic heterocycles. The van der Waals surface area contributed by atoms with Gasteiger partial charge in [-0.2, -0.15) is 0 Å². The van der Waals surface area contributed by atoms with Crippen molar-refractivity contribution in [3.8, 4) is 0 Å². The van der Waals surface area contributed by atoms with E-state index in [2.05, 4.69) is 39.9 Å². The van der Waals surface area contributed by atoms with Crippen molar-refractivity contribution < 1.29 is 0 Å². The molecule has 3 atom stereocenters. The van der Waals surface area contributed by atoms with Gasteiger partial charge in [0.2, 0.25) is 0 Å². The van der Waals surface area contributed by atoms with Crippen molar-refractivity contribution in [2.75, 3.05) is 0 Å². The van der Waals surface area contributed by atoms with Crippen LogP contribution in [0.5, 0.6) is 0 Å². The Labute approximate surface area is 102 Å². The third kappa shape index (κ3) is 3.00. The molecule has 0 bridgehead atoms. The zero-order valence-corrected chi connectivity index (χ0v) is 12.0. The summed E-state index contributed by atoms with van der Waals surface area (Å²) < 4.78 is 0. The van der Waals surface area contributed by atoms with Crippen LogP contribution in [0.2, 0.25) is 0 Å². The lowest BCUT2D eigenvalue weighted by Gasteiger charge is -2.51. The molecule has 1 rings (SSSR count). The van der Waals surface area contributed by atoms with Crippen molar-refractivity contribution in [2.45, 2.75) is 90.6 Å². The van der Waals surface area contributed by atoms with E-state index in [9.17, 15) is 0 Å². The second-order valence-electron chi connectivity index (χ2n) is 6.25. The lowest BCUT2D eigenvalue weighted by atomic mass is 9.69. The summed E-state index contributed by atoms with van der Waals surface area (Å²) in [4.78, 5) is 0. The molecule has 0 radical (unpaired) electrons. The fourth-order valence-electron chi connectivity index (χ4n) is 3.85. The normalized spacial score (nSPS) is 39.9. The van der Waals surface area contributed by atoms with E-state index in [1.54, 1.807) is 0 Å². The molecule has 0 saturated carbocycles. The summed E-state index contributed by atoms with van der Waals surface area (Å²) in [5, 5.41) is 4.01. The molecule has 0 aromatic carbocycles. The van der Waals surface area contributed by atoms with Gasteiger partial charge in [0, 0.05) is 11.1 Å². The average Bonchev–Trinajstić information content (AvgIpc) is 2.17. The molecule has 1 aliphatic heterocycles. The molecule has 96 valence electrons. The smallest absolute Gasteiger partial charge is 0.0186 e. The molecule has 1 heterocycles. The summed E-state index contributed by atoms with van der Waals surface area (Å²) in [7, 11) is 0.